The van der Waals surface area contributed by atoms with Gasteiger partial charge < -0.3 is 15.4 Å². The summed E-state index contributed by atoms with van der Waals surface area (Å²) >= 11 is 6.13. The number of rotatable bonds is 8. The largest absolute Gasteiger partial charge is 0.479 e. The second-order valence-electron chi connectivity index (χ2n) is 6.65. The summed E-state index contributed by atoms with van der Waals surface area (Å²) < 4.78 is 5.79. The van der Waals surface area contributed by atoms with Gasteiger partial charge in [0.25, 0.3) is 11.8 Å². The van der Waals surface area contributed by atoms with Crippen LogP contribution < -0.4 is 15.4 Å². The average Bonchev–Trinajstić information content (AvgIpc) is 2.78. The third-order valence-electron chi connectivity index (χ3n) is 4.49. The van der Waals surface area contributed by atoms with E-state index in [1.54, 1.807) is 48.5 Å². The van der Waals surface area contributed by atoms with Crippen LogP contribution in [0.15, 0.2) is 78.9 Å². The highest BCUT2D eigenvalue weighted by Crippen LogP contribution is 2.25. The van der Waals surface area contributed by atoms with Gasteiger partial charge in [0.2, 0.25) is 0 Å². The zero-order chi connectivity index (χ0) is 21.3. The van der Waals surface area contributed by atoms with Gasteiger partial charge in [-0.25, -0.2) is 0 Å². The van der Waals surface area contributed by atoms with Crippen molar-refractivity contribution < 1.29 is 14.3 Å². The Morgan fingerprint density at radius 1 is 0.933 bits per heavy atom. The third kappa shape index (κ3) is 5.61. The lowest BCUT2D eigenvalue weighted by Crippen LogP contribution is -2.33. The summed E-state index contributed by atoms with van der Waals surface area (Å²) in [6.45, 7) is 2.24. The maximum Gasteiger partial charge on any atom is 0.265 e. The molecule has 2 amide bonds. The summed E-state index contributed by atoms with van der Waals surface area (Å²) in [5.41, 5.74) is 1.80. The number of hydrogen-bond donors (Lipinski definition) is 2. The van der Waals surface area contributed by atoms with Crippen LogP contribution in [0.5, 0.6) is 5.75 Å². The molecule has 5 nitrogen and oxygen atoms in total. The smallest absolute Gasteiger partial charge is 0.265 e. The summed E-state index contributed by atoms with van der Waals surface area (Å²) in [5.74, 6) is -0.175. The summed E-state index contributed by atoms with van der Waals surface area (Å²) in [4.78, 5) is 25.5. The number of carbonyl (C=O) groups is 2. The maximum atomic E-state index is 12.8. The lowest BCUT2D eigenvalue weighted by atomic mass is 10.1. The summed E-state index contributed by atoms with van der Waals surface area (Å²) in [5, 5.41) is 6.13. The molecule has 0 aliphatic rings. The quantitative estimate of drug-likeness (QED) is 0.532. The number of benzene rings is 3. The van der Waals surface area contributed by atoms with E-state index in [0.29, 0.717) is 35.0 Å². The van der Waals surface area contributed by atoms with Crippen molar-refractivity contribution in [2.24, 2.45) is 0 Å². The Labute approximate surface area is 181 Å². The molecule has 0 radical (unpaired) electrons. The van der Waals surface area contributed by atoms with E-state index in [-0.39, 0.29) is 11.8 Å². The van der Waals surface area contributed by atoms with Crippen molar-refractivity contribution in [3.8, 4) is 5.75 Å². The van der Waals surface area contributed by atoms with Crippen molar-refractivity contribution in [3.05, 3.63) is 95.0 Å². The first-order valence-corrected chi connectivity index (χ1v) is 10.1. The Morgan fingerprint density at radius 2 is 1.60 bits per heavy atom. The van der Waals surface area contributed by atoms with Gasteiger partial charge in [0.05, 0.1) is 16.3 Å². The van der Waals surface area contributed by atoms with Crippen molar-refractivity contribution in [1.82, 2.24) is 5.32 Å². The second kappa shape index (κ2) is 10.5. The predicted octanol–water partition coefficient (Wildman–Crippen LogP) is 5.07. The summed E-state index contributed by atoms with van der Waals surface area (Å²) in [6.07, 6.45) is -0.301. The SMILES string of the molecule is CC[C@@H](Oc1ccccc1Cl)C(=O)Nc1ccccc1C(=O)NCc1ccccc1. The first kappa shape index (κ1) is 21.4. The lowest BCUT2D eigenvalue weighted by molar-refractivity contribution is -0.122. The molecule has 30 heavy (non-hydrogen) atoms. The molecule has 0 aliphatic carbocycles. The van der Waals surface area contributed by atoms with Crippen LogP contribution in [0.25, 0.3) is 0 Å². The maximum absolute atomic E-state index is 12.8. The molecule has 0 saturated carbocycles. The van der Waals surface area contributed by atoms with E-state index in [2.05, 4.69) is 10.6 Å². The Kier molecular flexibility index (Phi) is 7.46. The summed E-state index contributed by atoms with van der Waals surface area (Å²) in [7, 11) is 0. The van der Waals surface area contributed by atoms with Crippen LogP contribution in [0, 0.1) is 0 Å². The van der Waals surface area contributed by atoms with E-state index in [1.807, 2.05) is 37.3 Å². The highest BCUT2D eigenvalue weighted by atomic mass is 35.5. The van der Waals surface area contributed by atoms with Gasteiger partial charge in [-0.2, -0.15) is 0 Å². The van der Waals surface area contributed by atoms with Crippen LogP contribution in [0.1, 0.15) is 29.3 Å². The highest BCUT2D eigenvalue weighted by molar-refractivity contribution is 6.32. The molecular weight excluding hydrogens is 400 g/mol. The molecule has 6 heteroatoms. The fourth-order valence-corrected chi connectivity index (χ4v) is 3.07. The molecule has 0 unspecified atom stereocenters. The third-order valence-corrected chi connectivity index (χ3v) is 4.81. The Bertz CT molecular complexity index is 1010. The minimum absolute atomic E-state index is 0.269. The van der Waals surface area contributed by atoms with Gasteiger partial charge >= 0.3 is 0 Å². The van der Waals surface area contributed by atoms with Gasteiger partial charge in [0.1, 0.15) is 5.75 Å². The van der Waals surface area contributed by atoms with Crippen LogP contribution >= 0.6 is 11.6 Å². The molecule has 2 N–H and O–H groups in total. The molecule has 0 bridgehead atoms. The number of para-hydroxylation sites is 2. The van der Waals surface area contributed by atoms with Crippen molar-refractivity contribution in [2.75, 3.05) is 5.32 Å². The van der Waals surface area contributed by atoms with Crippen LogP contribution in [0.4, 0.5) is 5.69 Å². The van der Waals surface area contributed by atoms with Crippen LogP contribution in [-0.4, -0.2) is 17.9 Å². The molecule has 3 rings (SSSR count). The molecule has 0 spiro atoms. The number of hydrogen-bond acceptors (Lipinski definition) is 3. The van der Waals surface area contributed by atoms with Gasteiger partial charge in [-0.1, -0.05) is 73.1 Å². The number of nitrogens with one attached hydrogen (secondary N) is 2. The Hall–Kier alpha value is -3.31. The number of anilines is 1. The normalized spacial score (nSPS) is 11.4. The molecule has 0 aliphatic heterocycles. The number of carbonyl (C=O) groups excluding carboxylic acids is 2. The molecule has 0 heterocycles. The van der Waals surface area contributed by atoms with E-state index in [9.17, 15) is 9.59 Å². The van der Waals surface area contributed by atoms with Crippen molar-refractivity contribution in [3.63, 3.8) is 0 Å². The molecule has 3 aromatic carbocycles. The van der Waals surface area contributed by atoms with Gasteiger partial charge in [-0.15, -0.1) is 0 Å². The minimum atomic E-state index is -0.745. The molecular formula is C24H23ClN2O3. The van der Waals surface area contributed by atoms with Gasteiger partial charge in [0.15, 0.2) is 6.10 Å². The first-order valence-electron chi connectivity index (χ1n) is 9.71. The Balaban J connectivity index is 1.69. The van der Waals surface area contributed by atoms with Crippen molar-refractivity contribution >= 4 is 29.1 Å². The van der Waals surface area contributed by atoms with Crippen molar-refractivity contribution in [2.45, 2.75) is 26.0 Å². The fraction of sp³-hybridized carbons (Fsp3) is 0.167. The van der Waals surface area contributed by atoms with E-state index >= 15 is 0 Å². The average molecular weight is 423 g/mol. The van der Waals surface area contributed by atoms with Crippen LogP contribution in [-0.2, 0) is 11.3 Å². The number of amides is 2. The first-order chi connectivity index (χ1) is 14.6. The van der Waals surface area contributed by atoms with E-state index < -0.39 is 6.10 Å². The molecule has 154 valence electrons. The fourth-order valence-electron chi connectivity index (χ4n) is 2.89. The molecule has 3 aromatic rings. The second-order valence-corrected chi connectivity index (χ2v) is 7.06. The number of halogens is 1. The standard InChI is InChI=1S/C24H23ClN2O3/c1-2-21(30-22-15-9-7-13-19(22)25)24(29)27-20-14-8-6-12-18(20)23(28)26-16-17-10-4-3-5-11-17/h3-15,21H,2,16H2,1H3,(H,26,28)(H,27,29)/t21-/m1/s1. The van der Waals surface area contributed by atoms with Crippen molar-refractivity contribution in [1.29, 1.82) is 0 Å². The molecule has 0 fully saturated rings. The topological polar surface area (TPSA) is 67.4 Å². The van der Waals surface area contributed by atoms with Gasteiger partial charge in [-0.05, 0) is 36.2 Å². The van der Waals surface area contributed by atoms with E-state index in [1.165, 1.54) is 0 Å². The lowest BCUT2D eigenvalue weighted by Gasteiger charge is -2.19. The molecule has 0 saturated heterocycles. The highest BCUT2D eigenvalue weighted by Gasteiger charge is 2.21. The summed E-state index contributed by atoms with van der Waals surface area (Å²) in [6, 6.07) is 23.5. The van der Waals surface area contributed by atoms with E-state index in [4.69, 9.17) is 16.3 Å². The van der Waals surface area contributed by atoms with Crippen LogP contribution in [0.3, 0.4) is 0 Å². The molecule has 1 atom stereocenters. The monoisotopic (exact) mass is 422 g/mol. The zero-order valence-electron chi connectivity index (χ0n) is 16.6. The Morgan fingerprint density at radius 3 is 2.33 bits per heavy atom. The minimum Gasteiger partial charge on any atom is -0.479 e. The van der Waals surface area contributed by atoms with Gasteiger partial charge in [0, 0.05) is 6.54 Å². The zero-order valence-corrected chi connectivity index (χ0v) is 17.4. The number of ether oxygens (including phenoxy) is 1. The van der Waals surface area contributed by atoms with Gasteiger partial charge in [-0.3, -0.25) is 9.59 Å². The molecule has 0 aromatic heterocycles. The predicted molar refractivity (Wildman–Crippen MR) is 119 cm³/mol. The van der Waals surface area contributed by atoms with Crippen LogP contribution in [0.2, 0.25) is 5.02 Å². The van der Waals surface area contributed by atoms with E-state index in [0.717, 1.165) is 5.56 Å².